The number of anilines is 2. The molecule has 0 aliphatic rings. The highest BCUT2D eigenvalue weighted by Crippen LogP contribution is 2.24. The molecule has 0 saturated carbocycles. The van der Waals surface area contributed by atoms with Crippen LogP contribution >= 0.6 is 0 Å². The number of nitrogens with zero attached hydrogens (tertiary/aromatic N) is 1. The van der Waals surface area contributed by atoms with Crippen molar-refractivity contribution in [1.82, 2.24) is 0 Å². The topological polar surface area (TPSA) is 98.3 Å². The summed E-state index contributed by atoms with van der Waals surface area (Å²) in [5.41, 5.74) is 6.25. The Morgan fingerprint density at radius 2 is 2.24 bits per heavy atom. The van der Waals surface area contributed by atoms with Gasteiger partial charge in [0.15, 0.2) is 0 Å². The zero-order valence-corrected chi connectivity index (χ0v) is 10.3. The molecule has 1 unspecified atom stereocenters. The lowest BCUT2D eigenvalue weighted by Gasteiger charge is -2.06. The first-order valence-electron chi connectivity index (χ1n) is 5.17. The highest BCUT2D eigenvalue weighted by molar-refractivity contribution is 7.84. The Hall–Kier alpha value is -1.63. The molecule has 0 aromatic heterocycles. The first-order valence-corrected chi connectivity index (χ1v) is 6.66. The average molecular weight is 257 g/mol. The van der Waals surface area contributed by atoms with Crippen LogP contribution in [0.1, 0.15) is 6.92 Å². The summed E-state index contributed by atoms with van der Waals surface area (Å²) in [4.78, 5) is 10.0. The van der Waals surface area contributed by atoms with Crippen LogP contribution in [0, 0.1) is 10.1 Å². The van der Waals surface area contributed by atoms with Crippen molar-refractivity contribution < 1.29 is 9.13 Å². The smallest absolute Gasteiger partial charge is 0.292 e. The number of nitro groups is 1. The van der Waals surface area contributed by atoms with Crippen LogP contribution < -0.4 is 11.1 Å². The number of rotatable bonds is 6. The summed E-state index contributed by atoms with van der Waals surface area (Å²) in [6.45, 7) is 2.41. The number of nitro benzene ring substituents is 1. The quantitative estimate of drug-likeness (QED) is 0.455. The van der Waals surface area contributed by atoms with Crippen LogP contribution in [0.5, 0.6) is 0 Å². The molecule has 0 heterocycles. The standard InChI is InChI=1S/C10H15N3O3S/c1-2-17(16)6-5-12-8-3-4-10(13(14)15)9(11)7-8/h3-4,7,12H,2,5-6,11H2,1H3. The summed E-state index contributed by atoms with van der Waals surface area (Å²) in [6, 6.07) is 4.45. The minimum absolute atomic E-state index is 0.104. The van der Waals surface area contributed by atoms with E-state index >= 15 is 0 Å². The van der Waals surface area contributed by atoms with Crippen LogP contribution in [-0.2, 0) is 10.8 Å². The van der Waals surface area contributed by atoms with E-state index in [9.17, 15) is 14.3 Å². The Morgan fingerprint density at radius 3 is 2.76 bits per heavy atom. The van der Waals surface area contributed by atoms with Crippen molar-refractivity contribution in [2.24, 2.45) is 0 Å². The van der Waals surface area contributed by atoms with Crippen LogP contribution in [0.4, 0.5) is 17.1 Å². The van der Waals surface area contributed by atoms with Gasteiger partial charge in [-0.3, -0.25) is 14.3 Å². The van der Waals surface area contributed by atoms with Gasteiger partial charge in [0.05, 0.1) is 4.92 Å². The monoisotopic (exact) mass is 257 g/mol. The molecule has 6 nitrogen and oxygen atoms in total. The van der Waals surface area contributed by atoms with Crippen LogP contribution in [0.25, 0.3) is 0 Å². The third kappa shape index (κ3) is 4.03. The molecule has 1 aromatic carbocycles. The zero-order valence-electron chi connectivity index (χ0n) is 9.51. The predicted molar refractivity (Wildman–Crippen MR) is 69.5 cm³/mol. The summed E-state index contributed by atoms with van der Waals surface area (Å²) in [5.74, 6) is 1.18. The van der Waals surface area contributed by atoms with Crippen molar-refractivity contribution in [2.45, 2.75) is 6.92 Å². The van der Waals surface area contributed by atoms with Crippen molar-refractivity contribution in [3.8, 4) is 0 Å². The second-order valence-corrected chi connectivity index (χ2v) is 5.26. The Labute approximate surface area is 102 Å². The van der Waals surface area contributed by atoms with Gasteiger partial charge in [0.1, 0.15) is 5.69 Å². The molecule has 0 aliphatic heterocycles. The van der Waals surface area contributed by atoms with E-state index in [0.717, 1.165) is 0 Å². The number of nitrogens with two attached hydrogens (primary N) is 1. The lowest BCUT2D eigenvalue weighted by molar-refractivity contribution is -0.383. The van der Waals surface area contributed by atoms with Gasteiger partial charge in [0.25, 0.3) is 5.69 Å². The van der Waals surface area contributed by atoms with Gasteiger partial charge in [-0.15, -0.1) is 0 Å². The summed E-state index contributed by atoms with van der Waals surface area (Å²) in [7, 11) is -0.820. The molecule has 0 fully saturated rings. The molecule has 7 heteroatoms. The first kappa shape index (κ1) is 13.4. The molecule has 0 amide bonds. The summed E-state index contributed by atoms with van der Waals surface area (Å²) >= 11 is 0. The maximum absolute atomic E-state index is 11.2. The first-order chi connectivity index (χ1) is 8.04. The van der Waals surface area contributed by atoms with E-state index < -0.39 is 15.7 Å². The third-order valence-corrected chi connectivity index (χ3v) is 3.51. The molecule has 0 radical (unpaired) electrons. The van der Waals surface area contributed by atoms with Gasteiger partial charge in [-0.25, -0.2) is 0 Å². The molecular formula is C10H15N3O3S. The fourth-order valence-electron chi connectivity index (χ4n) is 1.28. The average Bonchev–Trinajstić information content (AvgIpc) is 2.28. The minimum atomic E-state index is -0.820. The second-order valence-electron chi connectivity index (χ2n) is 3.39. The van der Waals surface area contributed by atoms with Crippen LogP contribution in [0.3, 0.4) is 0 Å². The second kappa shape index (κ2) is 6.19. The summed E-state index contributed by atoms with van der Waals surface area (Å²) in [6.07, 6.45) is 0. The van der Waals surface area contributed by atoms with Crippen molar-refractivity contribution >= 4 is 27.9 Å². The van der Waals surface area contributed by atoms with Gasteiger partial charge in [0, 0.05) is 40.6 Å². The Kier molecular flexibility index (Phi) is 4.89. The number of hydrogen-bond donors (Lipinski definition) is 2. The molecule has 0 bridgehead atoms. The van der Waals surface area contributed by atoms with E-state index in [-0.39, 0.29) is 11.4 Å². The molecule has 3 N–H and O–H groups in total. The number of benzene rings is 1. The molecule has 1 atom stereocenters. The van der Waals surface area contributed by atoms with E-state index in [2.05, 4.69) is 5.32 Å². The molecule has 94 valence electrons. The highest BCUT2D eigenvalue weighted by atomic mass is 32.2. The normalized spacial score (nSPS) is 12.1. The van der Waals surface area contributed by atoms with Crippen molar-refractivity contribution in [1.29, 1.82) is 0 Å². The lowest BCUT2D eigenvalue weighted by atomic mass is 10.2. The maximum atomic E-state index is 11.2. The van der Waals surface area contributed by atoms with E-state index in [4.69, 9.17) is 5.73 Å². The summed E-state index contributed by atoms with van der Waals surface area (Å²) < 4.78 is 11.2. The van der Waals surface area contributed by atoms with E-state index in [1.54, 1.807) is 6.07 Å². The zero-order chi connectivity index (χ0) is 12.8. The van der Waals surface area contributed by atoms with Crippen LogP contribution in [0.15, 0.2) is 18.2 Å². The van der Waals surface area contributed by atoms with Gasteiger partial charge < -0.3 is 11.1 Å². The van der Waals surface area contributed by atoms with Crippen molar-refractivity contribution in [3.05, 3.63) is 28.3 Å². The van der Waals surface area contributed by atoms with Crippen LogP contribution in [-0.4, -0.2) is 27.2 Å². The largest absolute Gasteiger partial charge is 0.393 e. The highest BCUT2D eigenvalue weighted by Gasteiger charge is 2.10. The third-order valence-electron chi connectivity index (χ3n) is 2.21. The molecular weight excluding hydrogens is 242 g/mol. The van der Waals surface area contributed by atoms with Gasteiger partial charge in [-0.05, 0) is 12.1 Å². The summed E-state index contributed by atoms with van der Waals surface area (Å²) in [5, 5.41) is 13.6. The molecule has 0 saturated heterocycles. The van der Waals surface area contributed by atoms with Crippen molar-refractivity contribution in [2.75, 3.05) is 29.1 Å². The fraction of sp³-hybridized carbons (Fsp3) is 0.400. The molecule has 1 rings (SSSR count). The van der Waals surface area contributed by atoms with Crippen molar-refractivity contribution in [3.63, 3.8) is 0 Å². The maximum Gasteiger partial charge on any atom is 0.292 e. The van der Waals surface area contributed by atoms with E-state index in [1.165, 1.54) is 12.1 Å². The van der Waals surface area contributed by atoms with E-state index in [0.29, 0.717) is 23.7 Å². The Balaban J connectivity index is 2.59. The van der Waals surface area contributed by atoms with E-state index in [1.807, 2.05) is 6.92 Å². The Bertz CT molecular complexity index is 437. The SMILES string of the molecule is CCS(=O)CCNc1ccc([N+](=O)[O-])c(N)c1. The van der Waals surface area contributed by atoms with Gasteiger partial charge >= 0.3 is 0 Å². The Morgan fingerprint density at radius 1 is 1.53 bits per heavy atom. The van der Waals surface area contributed by atoms with Gasteiger partial charge in [0.2, 0.25) is 0 Å². The number of nitrogens with one attached hydrogen (secondary N) is 1. The molecule has 0 spiro atoms. The predicted octanol–water partition coefficient (Wildman–Crippen LogP) is 1.36. The molecule has 0 aliphatic carbocycles. The van der Waals surface area contributed by atoms with Gasteiger partial charge in [-0.1, -0.05) is 6.92 Å². The molecule has 1 aromatic rings. The molecule has 17 heavy (non-hydrogen) atoms. The minimum Gasteiger partial charge on any atom is -0.393 e. The number of hydrogen-bond acceptors (Lipinski definition) is 5. The number of nitrogen functional groups attached to an aromatic ring is 1. The fourth-order valence-corrected chi connectivity index (χ4v) is 1.90. The lowest BCUT2D eigenvalue weighted by Crippen LogP contribution is -2.12. The van der Waals surface area contributed by atoms with Gasteiger partial charge in [-0.2, -0.15) is 0 Å². The van der Waals surface area contributed by atoms with Crippen LogP contribution in [0.2, 0.25) is 0 Å².